The summed E-state index contributed by atoms with van der Waals surface area (Å²) in [7, 11) is 3.16. The zero-order valence-corrected chi connectivity index (χ0v) is 17.5. The third-order valence-corrected chi connectivity index (χ3v) is 4.75. The molecular formula is C18H21N8O4S+. The lowest BCUT2D eigenvalue weighted by atomic mass is 10.2. The van der Waals surface area contributed by atoms with Crippen LogP contribution in [0.1, 0.15) is 0 Å². The lowest BCUT2D eigenvalue weighted by Gasteiger charge is -2.26. The van der Waals surface area contributed by atoms with Crippen molar-refractivity contribution in [2.45, 2.75) is 0 Å². The molecule has 0 aliphatic rings. The first-order chi connectivity index (χ1) is 14.7. The van der Waals surface area contributed by atoms with Crippen molar-refractivity contribution < 1.29 is 14.8 Å². The first-order valence-electron chi connectivity index (χ1n) is 8.94. The van der Waals surface area contributed by atoms with Crippen LogP contribution in [0.3, 0.4) is 0 Å². The van der Waals surface area contributed by atoms with Gasteiger partial charge in [0.15, 0.2) is 12.4 Å². The van der Waals surface area contributed by atoms with Crippen LogP contribution >= 0.6 is 12.2 Å². The molecule has 162 valence electrons. The van der Waals surface area contributed by atoms with Gasteiger partial charge in [0.1, 0.15) is 5.75 Å². The van der Waals surface area contributed by atoms with E-state index in [0.717, 1.165) is 11.4 Å². The quantitative estimate of drug-likeness (QED) is 0.0778. The van der Waals surface area contributed by atoms with Crippen LogP contribution in [0, 0.1) is 14.9 Å². The number of benzene rings is 2. The average molecular weight is 445 g/mol. The number of aromatic nitrogens is 4. The van der Waals surface area contributed by atoms with Gasteiger partial charge in [-0.25, -0.2) is 9.16 Å². The number of nitrogens with zero attached hydrogens (tertiary/aromatic N) is 5. The maximum absolute atomic E-state index is 10.7. The molecule has 0 saturated heterocycles. The number of nitro groups is 1. The Morgan fingerprint density at radius 3 is 2.84 bits per heavy atom. The Bertz CT molecular complexity index is 1190. The second kappa shape index (κ2) is 8.81. The van der Waals surface area contributed by atoms with E-state index >= 15 is 0 Å². The van der Waals surface area contributed by atoms with Gasteiger partial charge in [-0.05, 0) is 36.5 Å². The highest BCUT2D eigenvalue weighted by molar-refractivity contribution is 7.71. The molecule has 0 saturated carbocycles. The number of aromatic amines is 1. The molecule has 0 aliphatic carbocycles. The lowest BCUT2D eigenvalue weighted by Crippen LogP contribution is -2.40. The second-order valence-corrected chi connectivity index (χ2v) is 7.25. The van der Waals surface area contributed by atoms with Gasteiger partial charge in [-0.1, -0.05) is 16.4 Å². The fourth-order valence-corrected chi connectivity index (χ4v) is 3.00. The SMILES string of the molecule is C[N+](C)(C(O)=C[N+](=O)[O-])c1ccc(OCNc2cccc(-n3[nH]nnc3=S)c2)cc1N. The van der Waals surface area contributed by atoms with Crippen molar-refractivity contribution in [1.29, 1.82) is 0 Å². The van der Waals surface area contributed by atoms with E-state index in [2.05, 4.69) is 20.8 Å². The van der Waals surface area contributed by atoms with Gasteiger partial charge in [0.05, 0.1) is 30.4 Å². The molecule has 12 nitrogen and oxygen atoms in total. The molecule has 0 atom stereocenters. The fraction of sp³-hybridized carbons (Fsp3) is 0.167. The number of aliphatic hydroxyl groups is 1. The van der Waals surface area contributed by atoms with Gasteiger partial charge in [0.2, 0.25) is 4.77 Å². The molecule has 5 N–H and O–H groups in total. The summed E-state index contributed by atoms with van der Waals surface area (Å²) in [4.78, 5) is 9.93. The Kier molecular flexibility index (Phi) is 6.17. The number of nitrogens with one attached hydrogen (secondary N) is 2. The van der Waals surface area contributed by atoms with Crippen molar-refractivity contribution in [2.75, 3.05) is 31.9 Å². The minimum atomic E-state index is -0.722. The Morgan fingerprint density at radius 1 is 1.42 bits per heavy atom. The van der Waals surface area contributed by atoms with Gasteiger partial charge in [0.25, 0.3) is 0 Å². The third-order valence-electron chi connectivity index (χ3n) is 4.49. The number of rotatable bonds is 8. The summed E-state index contributed by atoms with van der Waals surface area (Å²) < 4.78 is 7.27. The first kappa shape index (κ1) is 21.7. The Hall–Kier alpha value is -3.97. The summed E-state index contributed by atoms with van der Waals surface area (Å²) in [6, 6.07) is 12.3. The summed E-state index contributed by atoms with van der Waals surface area (Å²) >= 11 is 5.09. The largest absolute Gasteiger partial charge is 0.473 e. The number of hydrogen-bond donors (Lipinski definition) is 4. The highest BCUT2D eigenvalue weighted by Crippen LogP contribution is 2.33. The van der Waals surface area contributed by atoms with Crippen LogP contribution in [0.15, 0.2) is 54.5 Å². The minimum Gasteiger partial charge on any atom is -0.473 e. The Morgan fingerprint density at radius 2 is 2.19 bits per heavy atom. The lowest BCUT2D eigenvalue weighted by molar-refractivity contribution is -0.406. The predicted molar refractivity (Wildman–Crippen MR) is 118 cm³/mol. The molecular weight excluding hydrogens is 424 g/mol. The maximum Gasteiger partial charge on any atom is 0.366 e. The smallest absolute Gasteiger partial charge is 0.366 e. The number of hydrogen-bond acceptors (Lipinski definition) is 9. The van der Waals surface area contributed by atoms with E-state index in [0.29, 0.717) is 28.1 Å². The molecule has 0 bridgehead atoms. The summed E-state index contributed by atoms with van der Waals surface area (Å²) in [5.74, 6) is 0.0297. The summed E-state index contributed by atoms with van der Waals surface area (Å²) in [6.45, 7) is 0.152. The van der Waals surface area contributed by atoms with Crippen LogP contribution in [-0.4, -0.2) is 51.1 Å². The zero-order chi connectivity index (χ0) is 22.6. The molecule has 2 aromatic carbocycles. The van der Waals surface area contributed by atoms with Crippen LogP contribution < -0.4 is 20.3 Å². The highest BCUT2D eigenvalue weighted by atomic mass is 32.1. The van der Waals surface area contributed by atoms with Crippen molar-refractivity contribution >= 4 is 29.3 Å². The molecule has 0 aliphatic heterocycles. The van der Waals surface area contributed by atoms with E-state index in [1.165, 1.54) is 0 Å². The molecule has 1 aromatic heterocycles. The summed E-state index contributed by atoms with van der Waals surface area (Å²) in [5.41, 5.74) is 8.43. The van der Waals surface area contributed by atoms with E-state index in [9.17, 15) is 15.2 Å². The zero-order valence-electron chi connectivity index (χ0n) is 16.7. The molecule has 0 amide bonds. The molecule has 13 heteroatoms. The van der Waals surface area contributed by atoms with Crippen molar-refractivity contribution in [3.63, 3.8) is 0 Å². The van der Waals surface area contributed by atoms with Crippen LogP contribution in [0.2, 0.25) is 0 Å². The van der Waals surface area contributed by atoms with Crippen LogP contribution in [0.4, 0.5) is 17.1 Å². The van der Waals surface area contributed by atoms with Gasteiger partial charge in [-0.2, -0.15) is 5.21 Å². The number of H-pyrrole nitrogens is 1. The van der Waals surface area contributed by atoms with Gasteiger partial charge in [-0.15, -0.1) is 0 Å². The number of nitrogens with two attached hydrogens (primary N) is 1. The number of quaternary nitrogens is 1. The van der Waals surface area contributed by atoms with Crippen LogP contribution in [0.5, 0.6) is 5.75 Å². The molecule has 0 unspecified atom stereocenters. The fourth-order valence-electron chi connectivity index (χ4n) is 2.82. The Labute approximate surface area is 181 Å². The number of aliphatic hydroxyl groups excluding tert-OH is 1. The summed E-state index contributed by atoms with van der Waals surface area (Å²) in [5, 5.41) is 33.9. The van der Waals surface area contributed by atoms with E-state index in [1.54, 1.807) is 37.0 Å². The summed E-state index contributed by atoms with van der Waals surface area (Å²) in [6.07, 6.45) is 0.536. The number of tetrazole rings is 1. The molecule has 0 spiro atoms. The van der Waals surface area contributed by atoms with Crippen molar-refractivity contribution in [3.05, 3.63) is 69.4 Å². The van der Waals surface area contributed by atoms with Gasteiger partial charge < -0.3 is 20.9 Å². The molecule has 31 heavy (non-hydrogen) atoms. The normalized spacial score (nSPS) is 11.9. The van der Waals surface area contributed by atoms with Gasteiger partial charge in [0, 0.05) is 17.8 Å². The van der Waals surface area contributed by atoms with Crippen molar-refractivity contribution in [2.24, 2.45) is 0 Å². The second-order valence-electron chi connectivity index (χ2n) is 6.88. The van der Waals surface area contributed by atoms with Crippen LogP contribution in [0.25, 0.3) is 5.69 Å². The minimum absolute atomic E-state index is 0.152. The molecule has 0 fully saturated rings. The van der Waals surface area contributed by atoms with Crippen molar-refractivity contribution in [1.82, 2.24) is 24.7 Å². The maximum atomic E-state index is 10.7. The third kappa shape index (κ3) is 4.96. The predicted octanol–water partition coefficient (Wildman–Crippen LogP) is 2.56. The van der Waals surface area contributed by atoms with E-state index in [-0.39, 0.29) is 11.2 Å². The molecule has 1 heterocycles. The molecule has 3 aromatic rings. The topological polar surface area (TPSA) is 157 Å². The average Bonchev–Trinajstić information content (AvgIpc) is 3.13. The van der Waals surface area contributed by atoms with E-state index in [4.69, 9.17) is 22.7 Å². The Balaban J connectivity index is 1.67. The van der Waals surface area contributed by atoms with Crippen LogP contribution in [-0.2, 0) is 0 Å². The van der Waals surface area contributed by atoms with E-state index in [1.807, 2.05) is 24.3 Å². The number of ether oxygens (including phenoxy) is 1. The van der Waals surface area contributed by atoms with Gasteiger partial charge >= 0.3 is 12.1 Å². The number of anilines is 2. The molecule has 0 radical (unpaired) electrons. The number of nitrogen functional groups attached to an aromatic ring is 1. The molecule has 3 rings (SSSR count). The highest BCUT2D eigenvalue weighted by Gasteiger charge is 2.30. The van der Waals surface area contributed by atoms with Gasteiger partial charge in [-0.3, -0.25) is 10.1 Å². The monoisotopic (exact) mass is 445 g/mol. The first-order valence-corrected chi connectivity index (χ1v) is 9.35. The van der Waals surface area contributed by atoms with E-state index < -0.39 is 10.8 Å². The van der Waals surface area contributed by atoms with Crippen molar-refractivity contribution in [3.8, 4) is 11.4 Å². The standard InChI is InChI=1S/C18H20N8O4S/c1-26(2,17(27)10-24(28)29)16-7-6-14(9-15(16)19)30-11-20-12-4-3-5-13(8-12)25-18(31)21-22-23-25/h3-10,20H,11,19H2,1-2H3,(H-,21,23,27,31)/p+1.